The molecule has 1 N–H and O–H groups in total. The van der Waals surface area contributed by atoms with E-state index in [-0.39, 0.29) is 10.8 Å². The number of aromatic nitrogens is 1. The quantitative estimate of drug-likeness (QED) is 0.494. The normalized spacial score (nSPS) is 13.4. The number of carbonyl (C=O) groups is 1. The first-order valence-corrected chi connectivity index (χ1v) is 12.0. The van der Waals surface area contributed by atoms with Crippen molar-refractivity contribution < 1.29 is 13.2 Å². The minimum absolute atomic E-state index is 0.231. The van der Waals surface area contributed by atoms with Crippen LogP contribution in [0.1, 0.15) is 21.5 Å². The fourth-order valence-corrected chi connectivity index (χ4v) is 5.88. The van der Waals surface area contributed by atoms with Crippen LogP contribution < -0.4 is 9.62 Å². The number of amides is 1. The van der Waals surface area contributed by atoms with Crippen molar-refractivity contribution in [2.45, 2.75) is 18.2 Å². The molecule has 0 atom stereocenters. The fraction of sp³-hybridized carbons (Fsp3) is 0.130. The summed E-state index contributed by atoms with van der Waals surface area (Å²) in [4.78, 5) is 13.0. The summed E-state index contributed by atoms with van der Waals surface area (Å²) in [6.45, 7) is 2.28. The maximum absolute atomic E-state index is 13.1. The van der Waals surface area contributed by atoms with Gasteiger partial charge in [-0.1, -0.05) is 17.7 Å². The van der Waals surface area contributed by atoms with Crippen molar-refractivity contribution in [1.82, 2.24) is 4.37 Å². The minimum atomic E-state index is -3.64. The van der Waals surface area contributed by atoms with Crippen LogP contribution in [0.2, 0.25) is 0 Å². The van der Waals surface area contributed by atoms with Gasteiger partial charge < -0.3 is 5.32 Å². The summed E-state index contributed by atoms with van der Waals surface area (Å²) in [5, 5.41) is 3.89. The number of fused-ring (bicyclic) bond motifs is 2. The minimum Gasteiger partial charge on any atom is -0.322 e. The van der Waals surface area contributed by atoms with Crippen LogP contribution >= 0.6 is 11.5 Å². The molecule has 0 saturated heterocycles. The number of carbonyl (C=O) groups excluding carboxylic acids is 1. The van der Waals surface area contributed by atoms with Crippen LogP contribution in [0, 0.1) is 6.92 Å². The first-order valence-electron chi connectivity index (χ1n) is 9.80. The molecule has 6 nitrogen and oxygen atoms in total. The molecule has 31 heavy (non-hydrogen) atoms. The summed E-state index contributed by atoms with van der Waals surface area (Å²) in [6, 6.07) is 17.7. The standard InChI is InChI=1S/C23H19N3O3S2/c1-15-2-6-20(7-3-15)31(28,29)26-11-10-16-12-17(4-8-21(16)26)23(27)25-19-5-9-22-18(13-19)14-24-30-22/h2-9,12-14H,10-11H2,1H3,(H,25,27). The molecule has 156 valence electrons. The molecular weight excluding hydrogens is 430 g/mol. The topological polar surface area (TPSA) is 79.4 Å². The number of nitrogens with zero attached hydrogens (tertiary/aromatic N) is 2. The van der Waals surface area contributed by atoms with E-state index in [0.29, 0.717) is 29.9 Å². The van der Waals surface area contributed by atoms with E-state index >= 15 is 0 Å². The Labute approximate surface area is 184 Å². The lowest BCUT2D eigenvalue weighted by molar-refractivity contribution is 0.102. The highest BCUT2D eigenvalue weighted by Crippen LogP contribution is 2.34. The van der Waals surface area contributed by atoms with Gasteiger partial charge in [0.15, 0.2) is 0 Å². The van der Waals surface area contributed by atoms with Gasteiger partial charge in [-0.15, -0.1) is 0 Å². The highest BCUT2D eigenvalue weighted by Gasteiger charge is 2.31. The summed E-state index contributed by atoms with van der Waals surface area (Å²) in [5.74, 6) is -0.231. The zero-order valence-corrected chi connectivity index (χ0v) is 18.3. The third kappa shape index (κ3) is 3.58. The van der Waals surface area contributed by atoms with E-state index in [1.807, 2.05) is 25.1 Å². The van der Waals surface area contributed by atoms with Gasteiger partial charge in [0, 0.05) is 29.4 Å². The predicted molar refractivity (Wildman–Crippen MR) is 123 cm³/mol. The first kappa shape index (κ1) is 19.7. The predicted octanol–water partition coefficient (Wildman–Crippen LogP) is 4.61. The third-order valence-electron chi connectivity index (χ3n) is 5.41. The van der Waals surface area contributed by atoms with Crippen LogP contribution in [-0.4, -0.2) is 25.2 Å². The zero-order chi connectivity index (χ0) is 21.6. The number of rotatable bonds is 4. The summed E-state index contributed by atoms with van der Waals surface area (Å²) in [7, 11) is -3.64. The van der Waals surface area contributed by atoms with Crippen molar-refractivity contribution in [2.75, 3.05) is 16.2 Å². The Morgan fingerprint density at radius 1 is 1.06 bits per heavy atom. The van der Waals surface area contributed by atoms with Gasteiger partial charge in [-0.2, -0.15) is 4.37 Å². The Hall–Kier alpha value is -3.23. The lowest BCUT2D eigenvalue weighted by Gasteiger charge is -2.20. The van der Waals surface area contributed by atoms with Gasteiger partial charge in [-0.05, 0) is 79.0 Å². The summed E-state index contributed by atoms with van der Waals surface area (Å²) < 4.78 is 32.8. The number of hydrogen-bond acceptors (Lipinski definition) is 5. The molecule has 5 rings (SSSR count). The molecule has 0 bridgehead atoms. The van der Waals surface area contributed by atoms with Crippen LogP contribution in [-0.2, 0) is 16.4 Å². The van der Waals surface area contributed by atoms with Crippen LogP contribution in [0.4, 0.5) is 11.4 Å². The van der Waals surface area contributed by atoms with Gasteiger partial charge in [-0.3, -0.25) is 9.10 Å². The molecule has 1 aliphatic rings. The maximum Gasteiger partial charge on any atom is 0.264 e. The molecular formula is C23H19N3O3S2. The molecule has 0 spiro atoms. The second-order valence-corrected chi connectivity index (χ2v) is 10.2. The Balaban J connectivity index is 1.39. The number of nitrogens with one attached hydrogen (secondary N) is 1. The lowest BCUT2D eigenvalue weighted by Crippen LogP contribution is -2.29. The van der Waals surface area contributed by atoms with Gasteiger partial charge in [0.2, 0.25) is 0 Å². The Morgan fingerprint density at radius 3 is 2.68 bits per heavy atom. The van der Waals surface area contributed by atoms with Crippen molar-refractivity contribution in [2.24, 2.45) is 0 Å². The lowest BCUT2D eigenvalue weighted by atomic mass is 10.1. The molecule has 0 aliphatic carbocycles. The van der Waals surface area contributed by atoms with E-state index in [2.05, 4.69) is 9.69 Å². The average molecular weight is 450 g/mol. The van der Waals surface area contributed by atoms with Gasteiger partial charge in [0.1, 0.15) is 0 Å². The van der Waals surface area contributed by atoms with E-state index < -0.39 is 10.0 Å². The molecule has 0 saturated carbocycles. The van der Waals surface area contributed by atoms with Gasteiger partial charge in [0.05, 0.1) is 15.3 Å². The number of aryl methyl sites for hydroxylation is 1. The zero-order valence-electron chi connectivity index (χ0n) is 16.7. The molecule has 0 unspecified atom stereocenters. The molecule has 1 amide bonds. The monoisotopic (exact) mass is 449 g/mol. The molecule has 1 aliphatic heterocycles. The van der Waals surface area contributed by atoms with Crippen molar-refractivity contribution in [3.8, 4) is 0 Å². The van der Waals surface area contributed by atoms with E-state index in [9.17, 15) is 13.2 Å². The Bertz CT molecular complexity index is 1410. The van der Waals surface area contributed by atoms with Gasteiger partial charge >= 0.3 is 0 Å². The number of benzene rings is 3. The van der Waals surface area contributed by atoms with E-state index in [1.165, 1.54) is 15.8 Å². The second-order valence-electron chi connectivity index (χ2n) is 7.52. The van der Waals surface area contributed by atoms with E-state index in [1.54, 1.807) is 48.7 Å². The highest BCUT2D eigenvalue weighted by molar-refractivity contribution is 7.92. The molecule has 2 heterocycles. The van der Waals surface area contributed by atoms with Crippen molar-refractivity contribution in [1.29, 1.82) is 0 Å². The van der Waals surface area contributed by atoms with Crippen molar-refractivity contribution >= 4 is 48.9 Å². The number of sulfonamides is 1. The van der Waals surface area contributed by atoms with Crippen LogP contribution in [0.5, 0.6) is 0 Å². The van der Waals surface area contributed by atoms with Crippen LogP contribution in [0.3, 0.4) is 0 Å². The second kappa shape index (κ2) is 7.47. The van der Waals surface area contributed by atoms with Gasteiger partial charge in [0.25, 0.3) is 15.9 Å². The molecule has 8 heteroatoms. The SMILES string of the molecule is Cc1ccc(S(=O)(=O)N2CCc3cc(C(=O)Nc4ccc5sncc5c4)ccc32)cc1. The van der Waals surface area contributed by atoms with E-state index in [0.717, 1.165) is 21.2 Å². The van der Waals surface area contributed by atoms with Crippen LogP contribution in [0.25, 0.3) is 10.1 Å². The smallest absolute Gasteiger partial charge is 0.264 e. The Kier molecular flexibility index (Phi) is 4.75. The maximum atomic E-state index is 13.1. The first-order chi connectivity index (χ1) is 14.9. The molecule has 4 aromatic rings. The summed E-state index contributed by atoms with van der Waals surface area (Å²) in [5.41, 5.74) is 3.67. The van der Waals surface area contributed by atoms with Crippen molar-refractivity contribution in [3.63, 3.8) is 0 Å². The third-order valence-corrected chi connectivity index (χ3v) is 8.02. The highest BCUT2D eigenvalue weighted by atomic mass is 32.2. The summed E-state index contributed by atoms with van der Waals surface area (Å²) in [6.07, 6.45) is 2.34. The molecule has 3 aromatic carbocycles. The van der Waals surface area contributed by atoms with Crippen molar-refractivity contribution in [3.05, 3.63) is 83.6 Å². The van der Waals surface area contributed by atoms with E-state index in [4.69, 9.17) is 0 Å². The molecule has 1 aromatic heterocycles. The fourth-order valence-electron chi connectivity index (χ4n) is 3.75. The largest absolute Gasteiger partial charge is 0.322 e. The summed E-state index contributed by atoms with van der Waals surface area (Å²) >= 11 is 1.41. The number of hydrogen-bond donors (Lipinski definition) is 1. The molecule has 0 fully saturated rings. The average Bonchev–Trinajstić information content (AvgIpc) is 3.40. The van der Waals surface area contributed by atoms with Crippen LogP contribution in [0.15, 0.2) is 71.8 Å². The van der Waals surface area contributed by atoms with Gasteiger partial charge in [-0.25, -0.2) is 8.42 Å². The molecule has 0 radical (unpaired) electrons. The Morgan fingerprint density at radius 2 is 1.87 bits per heavy atom. The number of anilines is 2.